The molecule has 0 aliphatic carbocycles. The Morgan fingerprint density at radius 2 is 1.51 bits per heavy atom. The quantitative estimate of drug-likeness (QED) is 0.407. The molecule has 3 aromatic carbocycles. The summed E-state index contributed by atoms with van der Waals surface area (Å²) in [5.74, 6) is -3.32. The third-order valence-corrected chi connectivity index (χ3v) is 7.36. The highest BCUT2D eigenvalue weighted by molar-refractivity contribution is 6.32. The summed E-state index contributed by atoms with van der Waals surface area (Å²) in [7, 11) is 1.49. The fourth-order valence-corrected chi connectivity index (χ4v) is 5.56. The summed E-state index contributed by atoms with van der Waals surface area (Å²) < 4.78 is 5.25. The van der Waals surface area contributed by atoms with E-state index in [0.29, 0.717) is 17.0 Å². The number of amides is 2. The number of hydrogen-bond donors (Lipinski definition) is 1. The molecule has 0 fully saturated rings. The van der Waals surface area contributed by atoms with E-state index in [9.17, 15) is 24.3 Å². The zero-order valence-electron chi connectivity index (χ0n) is 22.8. The second kappa shape index (κ2) is 10.7. The van der Waals surface area contributed by atoms with Crippen LogP contribution in [-0.4, -0.2) is 46.0 Å². The van der Waals surface area contributed by atoms with Gasteiger partial charge in [0, 0.05) is 11.4 Å². The fourth-order valence-electron chi connectivity index (χ4n) is 5.56. The molecule has 0 radical (unpaired) electrons. The van der Waals surface area contributed by atoms with Crippen LogP contribution < -0.4 is 9.64 Å². The van der Waals surface area contributed by atoms with E-state index in [4.69, 9.17) is 4.74 Å². The first-order chi connectivity index (χ1) is 19.7. The molecule has 0 saturated carbocycles. The number of aliphatic hydroxyl groups excluding tert-OH is 1. The van der Waals surface area contributed by atoms with Crippen molar-refractivity contribution in [2.45, 2.75) is 25.9 Å². The monoisotopic (exact) mass is 548 g/mol. The van der Waals surface area contributed by atoms with Crippen LogP contribution in [0.15, 0.2) is 114 Å². The van der Waals surface area contributed by atoms with Crippen LogP contribution in [0.4, 0.5) is 5.69 Å². The van der Waals surface area contributed by atoms with Gasteiger partial charge < -0.3 is 14.7 Å². The van der Waals surface area contributed by atoms with Gasteiger partial charge in [0.2, 0.25) is 0 Å². The number of ketones is 2. The third kappa shape index (κ3) is 4.43. The lowest BCUT2D eigenvalue weighted by Gasteiger charge is -2.36. The van der Waals surface area contributed by atoms with Crippen LogP contribution in [0.1, 0.15) is 25.0 Å². The van der Waals surface area contributed by atoms with E-state index in [0.717, 1.165) is 10.5 Å². The van der Waals surface area contributed by atoms with E-state index in [1.807, 2.05) is 36.4 Å². The summed E-state index contributed by atoms with van der Waals surface area (Å²) in [4.78, 5) is 58.1. The molecular formula is C33H28N2O6. The third-order valence-electron chi connectivity index (χ3n) is 7.36. The van der Waals surface area contributed by atoms with Gasteiger partial charge in [-0.25, -0.2) is 0 Å². The summed E-state index contributed by atoms with van der Waals surface area (Å²) in [6.45, 7) is 2.99. The summed E-state index contributed by atoms with van der Waals surface area (Å²) in [6, 6.07) is 24.4. The molecule has 1 N–H and O–H groups in total. The van der Waals surface area contributed by atoms with Gasteiger partial charge in [0.15, 0.2) is 22.9 Å². The first kappa shape index (κ1) is 27.3. The molecule has 0 bridgehead atoms. The molecule has 1 atom stereocenters. The van der Waals surface area contributed by atoms with Gasteiger partial charge in [-0.3, -0.25) is 24.1 Å². The van der Waals surface area contributed by atoms with Crippen LogP contribution in [0, 0.1) is 0 Å². The SMILES string of the molecule is COc1ccc(N2C(=O)C(O)=C(C(=O)C=Cc3ccccc3)C23C(=O)N(Cc2ccccc2)C(C)=C3C(C)=O)cc1. The van der Waals surface area contributed by atoms with E-state index >= 15 is 0 Å². The van der Waals surface area contributed by atoms with Gasteiger partial charge in [-0.05, 0) is 55.3 Å². The molecule has 3 aromatic rings. The Kier molecular flexibility index (Phi) is 7.15. The Hall–Kier alpha value is -5.24. The number of allylic oxidation sites excluding steroid dienone is 2. The maximum absolute atomic E-state index is 14.6. The van der Waals surface area contributed by atoms with Crippen LogP contribution in [-0.2, 0) is 25.7 Å². The number of carbonyl (C=O) groups excluding carboxylic acids is 4. The molecule has 1 spiro atoms. The molecule has 0 saturated heterocycles. The highest BCUT2D eigenvalue weighted by Crippen LogP contribution is 2.51. The lowest BCUT2D eigenvalue weighted by molar-refractivity contribution is -0.133. The Balaban J connectivity index is 1.73. The number of methoxy groups -OCH3 is 1. The Morgan fingerprint density at radius 3 is 2.10 bits per heavy atom. The maximum atomic E-state index is 14.6. The number of ether oxygens (including phenoxy) is 1. The van der Waals surface area contributed by atoms with E-state index in [2.05, 4.69) is 0 Å². The Labute approximate surface area is 237 Å². The van der Waals surface area contributed by atoms with Crippen LogP contribution in [0.3, 0.4) is 0 Å². The van der Waals surface area contributed by atoms with E-state index in [1.54, 1.807) is 55.5 Å². The molecular weight excluding hydrogens is 520 g/mol. The van der Waals surface area contributed by atoms with Crippen molar-refractivity contribution >= 4 is 35.1 Å². The molecule has 2 aliphatic heterocycles. The van der Waals surface area contributed by atoms with Gasteiger partial charge in [-0.2, -0.15) is 0 Å². The minimum atomic E-state index is -2.21. The molecule has 8 heteroatoms. The molecule has 0 aromatic heterocycles. The van der Waals surface area contributed by atoms with Crippen LogP contribution in [0.5, 0.6) is 5.75 Å². The predicted molar refractivity (Wildman–Crippen MR) is 154 cm³/mol. The number of anilines is 1. The van der Waals surface area contributed by atoms with Gasteiger partial charge in [0.25, 0.3) is 11.8 Å². The van der Waals surface area contributed by atoms with E-state index < -0.39 is 40.3 Å². The van der Waals surface area contributed by atoms with Crippen molar-refractivity contribution in [2.24, 2.45) is 0 Å². The normalized spacial score (nSPS) is 18.8. The van der Waals surface area contributed by atoms with Gasteiger partial charge in [-0.1, -0.05) is 66.7 Å². The highest BCUT2D eigenvalue weighted by atomic mass is 16.5. The van der Waals surface area contributed by atoms with Crippen molar-refractivity contribution in [1.82, 2.24) is 4.90 Å². The van der Waals surface area contributed by atoms with Gasteiger partial charge >= 0.3 is 0 Å². The first-order valence-electron chi connectivity index (χ1n) is 13.0. The molecule has 2 heterocycles. The summed E-state index contributed by atoms with van der Waals surface area (Å²) in [5, 5.41) is 11.3. The molecule has 8 nitrogen and oxygen atoms in total. The fraction of sp³-hybridized carbons (Fsp3) is 0.152. The number of carbonyl (C=O) groups is 4. The van der Waals surface area contributed by atoms with Crippen LogP contribution in [0.25, 0.3) is 6.08 Å². The van der Waals surface area contributed by atoms with E-state index in [1.165, 1.54) is 31.1 Å². The summed E-state index contributed by atoms with van der Waals surface area (Å²) in [6.07, 6.45) is 2.73. The van der Waals surface area contributed by atoms with Crippen LogP contribution in [0.2, 0.25) is 0 Å². The number of benzene rings is 3. The molecule has 206 valence electrons. The largest absolute Gasteiger partial charge is 0.503 e. The minimum absolute atomic E-state index is 0.0527. The molecule has 41 heavy (non-hydrogen) atoms. The average Bonchev–Trinajstić information content (AvgIpc) is 3.34. The van der Waals surface area contributed by atoms with Crippen molar-refractivity contribution in [3.63, 3.8) is 0 Å². The summed E-state index contributed by atoms with van der Waals surface area (Å²) in [5.41, 5.74) is -0.737. The molecule has 5 rings (SSSR count). The zero-order chi connectivity index (χ0) is 29.3. The number of Topliss-reactive ketones (excluding diaryl/α,β-unsaturated/α-hetero) is 1. The lowest BCUT2D eigenvalue weighted by Crippen LogP contribution is -2.58. The second-order valence-electron chi connectivity index (χ2n) is 9.77. The number of rotatable bonds is 8. The average molecular weight is 549 g/mol. The van der Waals surface area contributed by atoms with E-state index in [-0.39, 0.29) is 17.8 Å². The van der Waals surface area contributed by atoms with Crippen LogP contribution >= 0.6 is 0 Å². The number of aliphatic hydroxyl groups is 1. The highest BCUT2D eigenvalue weighted by Gasteiger charge is 2.67. The lowest BCUT2D eigenvalue weighted by atomic mass is 9.78. The topological polar surface area (TPSA) is 104 Å². The van der Waals surface area contributed by atoms with Crippen molar-refractivity contribution in [3.05, 3.63) is 125 Å². The van der Waals surface area contributed by atoms with Gasteiger partial charge in [-0.15, -0.1) is 0 Å². The molecule has 2 aliphatic rings. The Bertz CT molecular complexity index is 1640. The predicted octanol–water partition coefficient (Wildman–Crippen LogP) is 4.78. The molecule has 2 amide bonds. The van der Waals surface area contributed by atoms with Gasteiger partial charge in [0.1, 0.15) is 5.75 Å². The van der Waals surface area contributed by atoms with Gasteiger partial charge in [0.05, 0.1) is 24.8 Å². The zero-order valence-corrected chi connectivity index (χ0v) is 22.8. The second-order valence-corrected chi connectivity index (χ2v) is 9.77. The maximum Gasteiger partial charge on any atom is 0.295 e. The van der Waals surface area contributed by atoms with Crippen molar-refractivity contribution < 1.29 is 29.0 Å². The van der Waals surface area contributed by atoms with Crippen molar-refractivity contribution in [1.29, 1.82) is 0 Å². The molecule has 1 unspecified atom stereocenters. The van der Waals surface area contributed by atoms with Crippen molar-refractivity contribution in [3.8, 4) is 5.75 Å². The number of nitrogens with zero attached hydrogens (tertiary/aromatic N) is 2. The smallest absolute Gasteiger partial charge is 0.295 e. The minimum Gasteiger partial charge on any atom is -0.503 e. The van der Waals surface area contributed by atoms with Crippen molar-refractivity contribution in [2.75, 3.05) is 12.0 Å². The standard InChI is InChI=1S/C33H28N2O6/c1-21-28(22(2)36)33(32(40)34(21)20-24-12-8-5-9-13-24)29(27(37)19-14-23-10-6-4-7-11-23)30(38)31(39)35(33)25-15-17-26(41-3)18-16-25/h4-19,38H,20H2,1-3H3. The first-order valence-corrected chi connectivity index (χ1v) is 13.0. The summed E-state index contributed by atoms with van der Waals surface area (Å²) >= 11 is 0. The Morgan fingerprint density at radius 1 is 0.902 bits per heavy atom. The number of hydrogen-bond acceptors (Lipinski definition) is 6.